The van der Waals surface area contributed by atoms with Gasteiger partial charge in [-0.15, -0.1) is 0 Å². The lowest BCUT2D eigenvalue weighted by Gasteiger charge is -2.21. The molecule has 0 aromatic heterocycles. The highest BCUT2D eigenvalue weighted by Gasteiger charge is 2.21. The molecule has 1 aliphatic heterocycles. The number of fused-ring (bicyclic) bond motifs is 2. The summed E-state index contributed by atoms with van der Waals surface area (Å²) in [6.07, 6.45) is 0. The molecular formula is C20H15ClN2. The lowest BCUT2D eigenvalue weighted by molar-refractivity contribution is 1.21. The van der Waals surface area contributed by atoms with Gasteiger partial charge in [0.2, 0.25) is 0 Å². The second-order valence-corrected chi connectivity index (χ2v) is 5.97. The van der Waals surface area contributed by atoms with Crippen LogP contribution in [-0.4, -0.2) is 12.8 Å². The van der Waals surface area contributed by atoms with Crippen LogP contribution in [0.5, 0.6) is 0 Å². The van der Waals surface area contributed by atoms with Gasteiger partial charge in [0.1, 0.15) is 0 Å². The highest BCUT2D eigenvalue weighted by molar-refractivity contribution is 6.31. The lowest BCUT2D eigenvalue weighted by atomic mass is 10.0. The van der Waals surface area contributed by atoms with E-state index >= 15 is 0 Å². The van der Waals surface area contributed by atoms with E-state index in [0.29, 0.717) is 5.02 Å². The Hall–Kier alpha value is -2.58. The lowest BCUT2D eigenvalue weighted by Crippen LogP contribution is -2.12. The maximum absolute atomic E-state index is 6.20. The Labute approximate surface area is 140 Å². The van der Waals surface area contributed by atoms with Crippen LogP contribution < -0.4 is 4.90 Å². The Balaban J connectivity index is 2.04. The van der Waals surface area contributed by atoms with Crippen LogP contribution in [-0.2, 0) is 0 Å². The van der Waals surface area contributed by atoms with E-state index in [0.717, 1.165) is 33.9 Å². The molecule has 2 nitrogen and oxygen atoms in total. The molecule has 0 spiro atoms. The zero-order valence-electron chi connectivity index (χ0n) is 12.7. The molecular weight excluding hydrogens is 304 g/mol. The standard InChI is InChI=1S/C20H15ClN2/c1-23-18-10-6-5-9-16(18)20(14-7-3-2-4-8-14)22-17-12-11-15(21)13-19(17)23/h2-13H,1H3. The first-order valence-electron chi connectivity index (χ1n) is 7.51. The molecule has 0 saturated carbocycles. The van der Waals surface area contributed by atoms with E-state index in [4.69, 9.17) is 16.6 Å². The molecule has 0 saturated heterocycles. The second kappa shape index (κ2) is 5.56. The fourth-order valence-electron chi connectivity index (χ4n) is 2.95. The Bertz CT molecular complexity index is 901. The summed E-state index contributed by atoms with van der Waals surface area (Å²) >= 11 is 6.20. The predicted octanol–water partition coefficient (Wildman–Crippen LogP) is 5.59. The van der Waals surface area contributed by atoms with Crippen molar-refractivity contribution in [3.63, 3.8) is 0 Å². The predicted molar refractivity (Wildman–Crippen MR) is 97.7 cm³/mol. The minimum Gasteiger partial charge on any atom is -0.342 e. The normalized spacial score (nSPS) is 13.0. The second-order valence-electron chi connectivity index (χ2n) is 5.54. The minimum absolute atomic E-state index is 0.714. The number of anilines is 2. The van der Waals surface area contributed by atoms with Crippen LogP contribution in [0.2, 0.25) is 5.02 Å². The van der Waals surface area contributed by atoms with Crippen LogP contribution in [0, 0.1) is 0 Å². The molecule has 0 aliphatic carbocycles. The van der Waals surface area contributed by atoms with Crippen molar-refractivity contribution in [3.8, 4) is 0 Å². The van der Waals surface area contributed by atoms with Crippen molar-refractivity contribution in [1.29, 1.82) is 0 Å². The summed E-state index contributed by atoms with van der Waals surface area (Å²) < 4.78 is 0. The monoisotopic (exact) mass is 318 g/mol. The van der Waals surface area contributed by atoms with Gasteiger partial charge in [-0.2, -0.15) is 0 Å². The molecule has 1 aliphatic rings. The number of halogens is 1. The fourth-order valence-corrected chi connectivity index (χ4v) is 3.12. The van der Waals surface area contributed by atoms with Crippen molar-refractivity contribution < 1.29 is 0 Å². The topological polar surface area (TPSA) is 15.6 Å². The molecule has 0 N–H and O–H groups in total. The third-order valence-electron chi connectivity index (χ3n) is 4.10. The maximum atomic E-state index is 6.20. The van der Waals surface area contributed by atoms with Crippen LogP contribution in [0.3, 0.4) is 0 Å². The molecule has 0 atom stereocenters. The first-order chi connectivity index (χ1) is 11.2. The van der Waals surface area contributed by atoms with Gasteiger partial charge in [-0.25, -0.2) is 4.99 Å². The summed E-state index contributed by atoms with van der Waals surface area (Å²) in [5.74, 6) is 0. The molecule has 3 aromatic carbocycles. The van der Waals surface area contributed by atoms with Gasteiger partial charge in [0.15, 0.2) is 0 Å². The van der Waals surface area contributed by atoms with E-state index in [-0.39, 0.29) is 0 Å². The van der Waals surface area contributed by atoms with Crippen molar-refractivity contribution in [2.45, 2.75) is 0 Å². The molecule has 23 heavy (non-hydrogen) atoms. The molecule has 0 bridgehead atoms. The minimum atomic E-state index is 0.714. The van der Waals surface area contributed by atoms with Gasteiger partial charge in [-0.05, 0) is 24.3 Å². The third-order valence-corrected chi connectivity index (χ3v) is 4.33. The van der Waals surface area contributed by atoms with Crippen molar-refractivity contribution in [1.82, 2.24) is 0 Å². The number of rotatable bonds is 1. The van der Waals surface area contributed by atoms with E-state index in [1.807, 2.05) is 48.5 Å². The molecule has 0 fully saturated rings. The number of benzene rings is 3. The maximum Gasteiger partial charge on any atom is 0.0875 e. The number of nitrogens with zero attached hydrogens (tertiary/aromatic N) is 2. The number of hydrogen-bond donors (Lipinski definition) is 0. The summed E-state index contributed by atoms with van der Waals surface area (Å²) in [6.45, 7) is 0. The van der Waals surface area contributed by atoms with Gasteiger partial charge in [-0.1, -0.05) is 60.1 Å². The smallest absolute Gasteiger partial charge is 0.0875 e. The van der Waals surface area contributed by atoms with Gasteiger partial charge in [0.05, 0.1) is 22.8 Å². The largest absolute Gasteiger partial charge is 0.342 e. The van der Waals surface area contributed by atoms with Gasteiger partial charge in [0.25, 0.3) is 0 Å². The van der Waals surface area contributed by atoms with Gasteiger partial charge >= 0.3 is 0 Å². The van der Waals surface area contributed by atoms with Gasteiger partial charge in [0, 0.05) is 23.2 Å². The summed E-state index contributed by atoms with van der Waals surface area (Å²) in [4.78, 5) is 7.11. The third kappa shape index (κ3) is 2.41. The van der Waals surface area contributed by atoms with Crippen LogP contribution in [0.25, 0.3) is 0 Å². The summed E-state index contributed by atoms with van der Waals surface area (Å²) in [7, 11) is 2.05. The summed E-state index contributed by atoms with van der Waals surface area (Å²) in [6, 6.07) is 24.4. The van der Waals surface area contributed by atoms with Crippen molar-refractivity contribution in [2.24, 2.45) is 4.99 Å². The number of aliphatic imine (C=N–C) groups is 1. The van der Waals surface area contributed by atoms with E-state index in [9.17, 15) is 0 Å². The van der Waals surface area contributed by atoms with Crippen molar-refractivity contribution >= 4 is 34.4 Å². The molecule has 112 valence electrons. The summed E-state index contributed by atoms with van der Waals surface area (Å²) in [5.41, 5.74) is 6.26. The van der Waals surface area contributed by atoms with E-state index in [1.54, 1.807) is 0 Å². The van der Waals surface area contributed by atoms with Crippen molar-refractivity contribution in [3.05, 3.63) is 88.9 Å². The van der Waals surface area contributed by atoms with Crippen LogP contribution in [0.4, 0.5) is 17.1 Å². The highest BCUT2D eigenvalue weighted by atomic mass is 35.5. The average Bonchev–Trinajstić information content (AvgIpc) is 2.72. The highest BCUT2D eigenvalue weighted by Crippen LogP contribution is 2.40. The number of para-hydroxylation sites is 1. The number of hydrogen-bond acceptors (Lipinski definition) is 2. The zero-order valence-corrected chi connectivity index (χ0v) is 13.5. The molecule has 0 radical (unpaired) electrons. The fraction of sp³-hybridized carbons (Fsp3) is 0.0500. The van der Waals surface area contributed by atoms with Crippen LogP contribution in [0.1, 0.15) is 11.1 Å². The zero-order chi connectivity index (χ0) is 15.8. The first-order valence-corrected chi connectivity index (χ1v) is 7.88. The molecule has 0 unspecified atom stereocenters. The Kier molecular flexibility index (Phi) is 3.40. The average molecular weight is 319 g/mol. The SMILES string of the molecule is CN1c2cc(Cl)ccc2N=C(c2ccccc2)c2ccccc21. The van der Waals surface area contributed by atoms with Gasteiger partial charge < -0.3 is 4.90 Å². The Morgan fingerprint density at radius 2 is 1.57 bits per heavy atom. The van der Waals surface area contributed by atoms with E-state index < -0.39 is 0 Å². The van der Waals surface area contributed by atoms with Crippen LogP contribution in [0.15, 0.2) is 77.8 Å². The summed E-state index contributed by atoms with van der Waals surface area (Å²) in [5, 5.41) is 0.714. The van der Waals surface area contributed by atoms with Crippen molar-refractivity contribution in [2.75, 3.05) is 11.9 Å². The first kappa shape index (κ1) is 14.0. The molecule has 1 heterocycles. The van der Waals surface area contributed by atoms with E-state index in [1.165, 1.54) is 0 Å². The molecule has 3 aromatic rings. The van der Waals surface area contributed by atoms with E-state index in [2.05, 4.69) is 36.2 Å². The van der Waals surface area contributed by atoms with Crippen LogP contribution >= 0.6 is 11.6 Å². The van der Waals surface area contributed by atoms with Gasteiger partial charge in [-0.3, -0.25) is 0 Å². The quantitative estimate of drug-likeness (QED) is 0.571. The molecule has 3 heteroatoms. The Morgan fingerprint density at radius 3 is 2.39 bits per heavy atom. The molecule has 0 amide bonds. The molecule has 4 rings (SSSR count). The Morgan fingerprint density at radius 1 is 0.826 bits per heavy atom.